The molecule has 9 aromatic heterocycles. The molecule has 3 aliphatic carbocycles. The molecule has 0 saturated carbocycles. The Balaban J connectivity index is 0.0000000992. The second-order valence-electron chi connectivity index (χ2n) is 39.9. The summed E-state index contributed by atoms with van der Waals surface area (Å²) in [6.07, 6.45) is 19.9. The Morgan fingerprint density at radius 3 is 1.39 bits per heavy atom. The number of hydrogen-bond donors (Lipinski definition) is 0. The first-order valence-electron chi connectivity index (χ1n) is 50.2. The average molecular weight is 1910 g/mol. The largest absolute Gasteiger partial charge is 0.456 e. The van der Waals surface area contributed by atoms with Gasteiger partial charge in [-0.2, -0.15) is 0 Å². The number of benzene rings is 20. The second-order valence-corrected chi connectivity index (χ2v) is 43.2. The second kappa shape index (κ2) is 31.6. The molecule has 0 bridgehead atoms. The molecule has 682 valence electrons. The fraction of sp³-hybridized carbons (Fsp3) is 0.0519. The first kappa shape index (κ1) is 82.4. The predicted octanol–water partition coefficient (Wildman–Crippen LogP) is 36.8. The number of hydrogen-bond acceptors (Lipinski definition) is 7. The lowest BCUT2D eigenvalue weighted by Crippen LogP contribution is -2.32. The van der Waals surface area contributed by atoms with Crippen LogP contribution in [0, 0.1) is 0 Å². The summed E-state index contributed by atoms with van der Waals surface area (Å²) < 4.78 is 20.5. The minimum absolute atomic E-state index is 0.0840. The van der Waals surface area contributed by atoms with Crippen molar-refractivity contribution in [3.63, 3.8) is 0 Å². The maximum Gasteiger partial charge on any atom is 0.137 e. The number of thiophene rings is 3. The zero-order valence-electron chi connectivity index (χ0n) is 79.3. The summed E-state index contributed by atoms with van der Waals surface area (Å²) in [6.45, 7) is 8.82. The van der Waals surface area contributed by atoms with Crippen LogP contribution in [0.4, 0.5) is 45.5 Å². The molecule has 2 atom stereocenters. The first-order chi connectivity index (χ1) is 71.6. The van der Waals surface area contributed by atoms with E-state index in [9.17, 15) is 0 Å². The van der Waals surface area contributed by atoms with Crippen LogP contribution in [0.1, 0.15) is 47.9 Å². The van der Waals surface area contributed by atoms with Gasteiger partial charge < -0.3 is 32.5 Å². The third-order valence-electron chi connectivity index (χ3n) is 32.0. The van der Waals surface area contributed by atoms with E-state index >= 15 is 0 Å². The van der Waals surface area contributed by atoms with Crippen LogP contribution >= 0.6 is 34.0 Å². The third-order valence-corrected chi connectivity index (χ3v) is 35.5. The van der Waals surface area contributed by atoms with Crippen LogP contribution in [0.2, 0.25) is 0 Å². The molecule has 33 rings (SSSR count). The van der Waals surface area contributed by atoms with E-state index in [1.807, 2.05) is 46.2 Å². The van der Waals surface area contributed by atoms with Gasteiger partial charge >= 0.3 is 0 Å². The lowest BCUT2D eigenvalue weighted by molar-refractivity contribution is 0.618. The lowest BCUT2D eigenvalue weighted by Gasteiger charge is -2.34. The van der Waals surface area contributed by atoms with Crippen LogP contribution in [0.5, 0.6) is 0 Å². The van der Waals surface area contributed by atoms with Crippen LogP contribution in [0.15, 0.2) is 447 Å². The fourth-order valence-electron chi connectivity index (χ4n) is 25.6. The van der Waals surface area contributed by atoms with Gasteiger partial charge in [-0.25, -0.2) is 0 Å². The van der Waals surface area contributed by atoms with Crippen molar-refractivity contribution in [3.8, 4) is 11.1 Å². The van der Waals surface area contributed by atoms with Crippen LogP contribution in [0.25, 0.3) is 221 Å². The van der Waals surface area contributed by atoms with Gasteiger partial charge in [-0.3, -0.25) is 0 Å². The van der Waals surface area contributed by atoms with Crippen LogP contribution < -0.4 is 25.3 Å². The molecule has 2 unspecified atom stereocenters. The standard InChI is InChI=1S/C48H28N2S.C45H30N2S.C42H30N2OS/c1-2-12-34-32(10-1)33-11-3-4-13-35(33)41-26-29(20-23-36(34)41)49(31-22-25-47-43(28-31)38-15-6-8-19-46(38)51-47)30-21-24-45-42(27-30)40-17-9-16-39-37-14-5-7-18-44(37)50(45)48(39)40;1-45(2)38-15-6-3-10-30(38)31-21-18-29(26-39(31)45)46(28-20-23-43-37(25-28)33-12-5-8-17-42(33)48-43)27-19-22-41-36(24-27)35-14-9-13-34-32-11-4-7-16-40(32)47(41)44(34)35;1-2-9-30-34-23-27(17-20-37(34)44-36-13-6-3-10-26(36)22-38(30)44)43(28-18-21-42-35(24-28)33-12-5-8-15-41(33)46-42)29-16-19-32-31-11-4-7-14-39(31)45-40(32)25-29/h1-28H;3-26H,1-2H3;2-12,14-23,25,28,36H,1,13,24H2/b;;30-9-. The molecular weight excluding hydrogens is 1820 g/mol. The molecule has 0 radical (unpaired) electrons. The maximum absolute atomic E-state index is 6.40. The van der Waals surface area contributed by atoms with E-state index in [0.717, 1.165) is 63.2 Å². The van der Waals surface area contributed by atoms with Gasteiger partial charge in [-0.15, -0.1) is 34.0 Å². The number of furan rings is 1. The van der Waals surface area contributed by atoms with Gasteiger partial charge in [0.25, 0.3) is 0 Å². The highest BCUT2D eigenvalue weighted by atomic mass is 32.1. The molecule has 145 heavy (non-hydrogen) atoms. The molecule has 20 aromatic carbocycles. The van der Waals surface area contributed by atoms with E-state index in [1.165, 1.54) is 236 Å². The lowest BCUT2D eigenvalue weighted by atomic mass is 9.82. The predicted molar refractivity (Wildman–Crippen MR) is 623 cm³/mol. The van der Waals surface area contributed by atoms with E-state index < -0.39 is 0 Å². The summed E-state index contributed by atoms with van der Waals surface area (Å²) in [7, 11) is 0. The van der Waals surface area contributed by atoms with Crippen molar-refractivity contribution in [3.05, 3.63) is 475 Å². The van der Waals surface area contributed by atoms with Crippen molar-refractivity contribution in [2.75, 3.05) is 14.7 Å². The third kappa shape index (κ3) is 12.3. The quantitative estimate of drug-likeness (QED) is 0.128. The Morgan fingerprint density at radius 1 is 0.338 bits per heavy atom. The summed E-state index contributed by atoms with van der Waals surface area (Å²) in [5.74, 6) is 0. The smallest absolute Gasteiger partial charge is 0.137 e. The number of allylic oxidation sites excluding steroid dienone is 5. The molecule has 0 fully saturated rings. The number of rotatable bonds is 10. The molecule has 0 N–H and O–H groups in total. The molecular formula is C135H88N6OS3. The van der Waals surface area contributed by atoms with Gasteiger partial charge in [0.1, 0.15) is 11.2 Å². The molecule has 4 aliphatic rings. The molecule has 0 amide bonds. The Kier molecular flexibility index (Phi) is 17.9. The van der Waals surface area contributed by atoms with Crippen LogP contribution in [-0.2, 0) is 11.8 Å². The van der Waals surface area contributed by atoms with Gasteiger partial charge in [0.2, 0.25) is 0 Å². The van der Waals surface area contributed by atoms with Gasteiger partial charge in [-0.05, 0) is 260 Å². The molecule has 10 heterocycles. The van der Waals surface area contributed by atoms with Crippen LogP contribution in [0.3, 0.4) is 0 Å². The maximum atomic E-state index is 6.40. The summed E-state index contributed by atoms with van der Waals surface area (Å²) in [4.78, 5) is 8.81. The normalized spacial score (nSPS) is 14.8. The van der Waals surface area contributed by atoms with Gasteiger partial charge in [0, 0.05) is 177 Å². The number of fused-ring (bicyclic) bond motifs is 38. The summed E-state index contributed by atoms with van der Waals surface area (Å²) in [5, 5.41) is 30.7. The van der Waals surface area contributed by atoms with Gasteiger partial charge in [-0.1, -0.05) is 287 Å². The Hall–Kier alpha value is -17.4. The number of para-hydroxylation sites is 5. The summed E-state index contributed by atoms with van der Waals surface area (Å²) in [5.41, 5.74) is 28.1. The zero-order valence-corrected chi connectivity index (χ0v) is 81.8. The average Bonchev–Trinajstić information content (AvgIpc) is 1.55. The highest BCUT2D eigenvalue weighted by Crippen LogP contribution is 2.55. The van der Waals surface area contributed by atoms with E-state index in [1.54, 1.807) is 0 Å². The van der Waals surface area contributed by atoms with Gasteiger partial charge in [0.15, 0.2) is 0 Å². The van der Waals surface area contributed by atoms with Crippen molar-refractivity contribution in [2.24, 2.45) is 0 Å². The highest BCUT2D eigenvalue weighted by molar-refractivity contribution is 7.26. The number of anilines is 8. The highest BCUT2D eigenvalue weighted by Gasteiger charge is 2.37. The molecule has 10 heteroatoms. The zero-order chi connectivity index (χ0) is 95.3. The van der Waals surface area contributed by atoms with Crippen molar-refractivity contribution in [1.29, 1.82) is 0 Å². The molecule has 1 aliphatic heterocycles. The van der Waals surface area contributed by atoms with Gasteiger partial charge in [0.05, 0.1) is 50.5 Å². The topological polar surface area (TPSA) is 36.6 Å². The molecule has 7 nitrogen and oxygen atoms in total. The first-order valence-corrected chi connectivity index (χ1v) is 52.7. The minimum Gasteiger partial charge on any atom is -0.456 e. The van der Waals surface area contributed by atoms with Crippen molar-refractivity contribution in [2.45, 2.75) is 44.2 Å². The monoisotopic (exact) mass is 1900 g/mol. The van der Waals surface area contributed by atoms with Crippen molar-refractivity contribution in [1.82, 2.24) is 13.4 Å². The van der Waals surface area contributed by atoms with E-state index in [2.05, 4.69) is 485 Å². The Bertz CT molecular complexity index is 10900. The molecule has 29 aromatic rings. The Morgan fingerprint density at radius 2 is 0.766 bits per heavy atom. The van der Waals surface area contributed by atoms with E-state index in [0.29, 0.717) is 6.04 Å². The molecule has 0 spiro atoms. The molecule has 0 saturated heterocycles. The summed E-state index contributed by atoms with van der Waals surface area (Å²) in [6, 6.07) is 149. The minimum atomic E-state index is -0.0840. The van der Waals surface area contributed by atoms with Crippen molar-refractivity contribution < 1.29 is 4.42 Å². The van der Waals surface area contributed by atoms with Crippen molar-refractivity contribution >= 4 is 290 Å². The van der Waals surface area contributed by atoms with E-state index in [-0.39, 0.29) is 11.5 Å². The fourth-order valence-corrected chi connectivity index (χ4v) is 28.9. The Labute approximate surface area is 845 Å². The van der Waals surface area contributed by atoms with Crippen LogP contribution in [-0.4, -0.2) is 19.4 Å². The SMILES string of the molecule is C=C/C=c1\c2n(c3ccc(N(c4ccc5c(c4)oc4ccccc45)C4C=Cc5sc6ccccc6c5C4)cc13)C1CC=CC=C1C=2.CC1(C)c2ccccc2-c2ccc(N(c3ccc4sc5ccccc5c4c3)c3ccc4c(c3)c3cccc5c6ccccc6n4c53)cc21.c1ccc2c(c1)sc1ccc(N(c3ccc4c5ccccc5c5ccccc5c4c3)c3ccc4c(c3)c3cccc5c6ccccc6n4c53)cc12. The van der Waals surface area contributed by atoms with E-state index in [4.69, 9.17) is 4.42 Å². The summed E-state index contributed by atoms with van der Waals surface area (Å²) >= 11 is 5.63. The number of nitrogens with zero attached hydrogens (tertiary/aromatic N) is 6. The number of aromatic nitrogens is 3.